The molecule has 0 aromatic rings. The number of ether oxygens (including phenoxy) is 1. The summed E-state index contributed by atoms with van der Waals surface area (Å²) in [6.45, 7) is 8.83. The van der Waals surface area contributed by atoms with E-state index in [1.165, 1.54) is 38.5 Å². The quantitative estimate of drug-likeness (QED) is 0.605. The summed E-state index contributed by atoms with van der Waals surface area (Å²) >= 11 is 0. The number of hydrogen-bond acceptors (Lipinski definition) is 3. The zero-order valence-corrected chi connectivity index (χ0v) is 13.7. The van der Waals surface area contributed by atoms with Crippen LogP contribution in [0.5, 0.6) is 0 Å². The third-order valence-electron chi connectivity index (χ3n) is 4.69. The molecule has 1 aliphatic carbocycles. The van der Waals surface area contributed by atoms with Crippen molar-refractivity contribution in [3.05, 3.63) is 0 Å². The maximum Gasteiger partial charge on any atom is 0.0897 e. The van der Waals surface area contributed by atoms with Crippen LogP contribution in [0.25, 0.3) is 0 Å². The molecule has 1 aliphatic rings. The Balaban J connectivity index is 1.98. The summed E-state index contributed by atoms with van der Waals surface area (Å²) in [7, 11) is 0. The highest BCUT2D eigenvalue weighted by Crippen LogP contribution is 2.29. The molecule has 3 heteroatoms. The molecule has 0 aromatic carbocycles. The predicted molar refractivity (Wildman–Crippen MR) is 84.9 cm³/mol. The SMILES string of the molecule is CCCCCCOCC(O)CNC1CCC(C)C(C)C1. The Hall–Kier alpha value is -0.120. The summed E-state index contributed by atoms with van der Waals surface area (Å²) in [4.78, 5) is 0. The van der Waals surface area contributed by atoms with Gasteiger partial charge < -0.3 is 15.2 Å². The highest BCUT2D eigenvalue weighted by atomic mass is 16.5. The number of aliphatic hydroxyl groups excluding tert-OH is 1. The molecule has 4 unspecified atom stereocenters. The zero-order valence-electron chi connectivity index (χ0n) is 13.7. The van der Waals surface area contributed by atoms with Crippen LogP contribution >= 0.6 is 0 Å². The third kappa shape index (κ3) is 7.61. The molecule has 0 amide bonds. The van der Waals surface area contributed by atoms with Crippen LogP contribution < -0.4 is 5.32 Å². The molecule has 0 radical (unpaired) electrons. The summed E-state index contributed by atoms with van der Waals surface area (Å²) in [5, 5.41) is 13.4. The molecule has 0 spiro atoms. The molecule has 120 valence electrons. The van der Waals surface area contributed by atoms with Crippen LogP contribution in [0.3, 0.4) is 0 Å². The molecule has 2 N–H and O–H groups in total. The first kappa shape index (κ1) is 17.9. The molecule has 3 nitrogen and oxygen atoms in total. The maximum absolute atomic E-state index is 9.91. The van der Waals surface area contributed by atoms with Crippen LogP contribution in [-0.2, 0) is 4.74 Å². The van der Waals surface area contributed by atoms with Crippen molar-refractivity contribution < 1.29 is 9.84 Å². The number of hydrogen-bond donors (Lipinski definition) is 2. The molecule has 1 rings (SSSR count). The maximum atomic E-state index is 9.91. The van der Waals surface area contributed by atoms with Gasteiger partial charge in [0.05, 0.1) is 12.7 Å². The first-order chi connectivity index (χ1) is 9.63. The van der Waals surface area contributed by atoms with Crippen LogP contribution in [0.2, 0.25) is 0 Å². The number of nitrogens with one attached hydrogen (secondary N) is 1. The molecular formula is C17H35NO2. The van der Waals surface area contributed by atoms with Gasteiger partial charge in [-0.05, 0) is 37.5 Å². The van der Waals surface area contributed by atoms with Gasteiger partial charge in [0.25, 0.3) is 0 Å². The minimum Gasteiger partial charge on any atom is -0.389 e. The van der Waals surface area contributed by atoms with Crippen LogP contribution in [0.15, 0.2) is 0 Å². The largest absolute Gasteiger partial charge is 0.389 e. The van der Waals surface area contributed by atoms with Crippen LogP contribution in [0, 0.1) is 11.8 Å². The lowest BCUT2D eigenvalue weighted by Crippen LogP contribution is -2.41. The minimum atomic E-state index is -0.365. The van der Waals surface area contributed by atoms with Crippen LogP contribution in [-0.4, -0.2) is 37.0 Å². The highest BCUT2D eigenvalue weighted by molar-refractivity contribution is 4.80. The van der Waals surface area contributed by atoms with Gasteiger partial charge in [0.15, 0.2) is 0 Å². The van der Waals surface area contributed by atoms with Crippen molar-refractivity contribution >= 4 is 0 Å². The summed E-state index contributed by atoms with van der Waals surface area (Å²) < 4.78 is 5.53. The fourth-order valence-electron chi connectivity index (χ4n) is 2.94. The second-order valence-electron chi connectivity index (χ2n) is 6.66. The molecule has 0 bridgehead atoms. The Bertz CT molecular complexity index is 235. The van der Waals surface area contributed by atoms with Gasteiger partial charge in [0.2, 0.25) is 0 Å². The molecule has 0 aliphatic heterocycles. The number of rotatable bonds is 10. The lowest BCUT2D eigenvalue weighted by molar-refractivity contribution is 0.0326. The molecule has 0 aromatic heterocycles. The van der Waals surface area contributed by atoms with Gasteiger partial charge in [-0.3, -0.25) is 0 Å². The van der Waals surface area contributed by atoms with E-state index >= 15 is 0 Å². The lowest BCUT2D eigenvalue weighted by atomic mass is 9.79. The normalized spacial score (nSPS) is 28.5. The van der Waals surface area contributed by atoms with Gasteiger partial charge >= 0.3 is 0 Å². The van der Waals surface area contributed by atoms with E-state index in [1.54, 1.807) is 0 Å². The van der Waals surface area contributed by atoms with Gasteiger partial charge in [-0.1, -0.05) is 40.0 Å². The molecule has 4 atom stereocenters. The van der Waals surface area contributed by atoms with Crippen molar-refractivity contribution in [3.63, 3.8) is 0 Å². The second-order valence-corrected chi connectivity index (χ2v) is 6.66. The first-order valence-corrected chi connectivity index (χ1v) is 8.62. The third-order valence-corrected chi connectivity index (χ3v) is 4.69. The summed E-state index contributed by atoms with van der Waals surface area (Å²) in [5.74, 6) is 1.65. The first-order valence-electron chi connectivity index (χ1n) is 8.62. The molecule has 0 saturated heterocycles. The van der Waals surface area contributed by atoms with Gasteiger partial charge in [0, 0.05) is 19.2 Å². The standard InChI is InChI=1S/C17H35NO2/c1-4-5-6-7-10-20-13-17(19)12-18-16-9-8-14(2)15(3)11-16/h14-19H,4-13H2,1-3H3. The van der Waals surface area contributed by atoms with E-state index in [-0.39, 0.29) is 6.10 Å². The monoisotopic (exact) mass is 285 g/mol. The van der Waals surface area contributed by atoms with Gasteiger partial charge in [-0.2, -0.15) is 0 Å². The van der Waals surface area contributed by atoms with Gasteiger partial charge in [-0.25, -0.2) is 0 Å². The molecule has 1 fully saturated rings. The molecule has 1 saturated carbocycles. The zero-order chi connectivity index (χ0) is 14.8. The minimum absolute atomic E-state index is 0.365. The number of unbranched alkanes of at least 4 members (excludes halogenated alkanes) is 3. The Morgan fingerprint density at radius 3 is 2.65 bits per heavy atom. The van der Waals surface area contributed by atoms with Crippen molar-refractivity contribution in [1.29, 1.82) is 0 Å². The van der Waals surface area contributed by atoms with Crippen molar-refractivity contribution in [1.82, 2.24) is 5.32 Å². The Morgan fingerprint density at radius 2 is 1.95 bits per heavy atom. The van der Waals surface area contributed by atoms with Crippen molar-refractivity contribution in [2.75, 3.05) is 19.8 Å². The van der Waals surface area contributed by atoms with Gasteiger partial charge in [0.1, 0.15) is 0 Å². The smallest absolute Gasteiger partial charge is 0.0897 e. The van der Waals surface area contributed by atoms with Crippen LogP contribution in [0.4, 0.5) is 0 Å². The lowest BCUT2D eigenvalue weighted by Gasteiger charge is -2.33. The van der Waals surface area contributed by atoms with Crippen molar-refractivity contribution in [2.24, 2.45) is 11.8 Å². The summed E-state index contributed by atoms with van der Waals surface area (Å²) in [6.07, 6.45) is 8.33. The number of aliphatic hydroxyl groups is 1. The van der Waals surface area contributed by atoms with E-state index in [4.69, 9.17) is 4.74 Å². The average Bonchev–Trinajstić information content (AvgIpc) is 2.44. The molecule has 20 heavy (non-hydrogen) atoms. The Kier molecular flexibility index (Phi) is 9.49. The molecule has 0 heterocycles. The van der Waals surface area contributed by atoms with Crippen molar-refractivity contribution in [3.8, 4) is 0 Å². The summed E-state index contributed by atoms with van der Waals surface area (Å²) in [5.41, 5.74) is 0. The summed E-state index contributed by atoms with van der Waals surface area (Å²) in [6, 6.07) is 0.584. The van der Waals surface area contributed by atoms with E-state index in [2.05, 4.69) is 26.1 Å². The topological polar surface area (TPSA) is 41.5 Å². The Labute approximate surface area is 125 Å². The highest BCUT2D eigenvalue weighted by Gasteiger charge is 2.24. The van der Waals surface area contributed by atoms with Crippen molar-refractivity contribution in [2.45, 2.75) is 77.9 Å². The average molecular weight is 285 g/mol. The fraction of sp³-hybridized carbons (Fsp3) is 1.00. The second kappa shape index (κ2) is 10.6. The molecular weight excluding hydrogens is 250 g/mol. The van der Waals surface area contributed by atoms with Crippen LogP contribution in [0.1, 0.15) is 65.7 Å². The van der Waals surface area contributed by atoms with E-state index in [0.717, 1.165) is 24.9 Å². The Morgan fingerprint density at radius 1 is 1.15 bits per heavy atom. The van der Waals surface area contributed by atoms with Gasteiger partial charge in [-0.15, -0.1) is 0 Å². The van der Waals surface area contributed by atoms with E-state index < -0.39 is 0 Å². The fourth-order valence-corrected chi connectivity index (χ4v) is 2.94. The van der Waals surface area contributed by atoms with E-state index in [0.29, 0.717) is 19.2 Å². The predicted octanol–water partition coefficient (Wildman–Crippen LogP) is 3.36. The van der Waals surface area contributed by atoms with E-state index in [1.807, 2.05) is 0 Å². The van der Waals surface area contributed by atoms with E-state index in [9.17, 15) is 5.11 Å².